The van der Waals surface area contributed by atoms with Crippen molar-refractivity contribution < 1.29 is 17.6 Å². The van der Waals surface area contributed by atoms with Gasteiger partial charge in [-0.15, -0.1) is 0 Å². The van der Waals surface area contributed by atoms with Crippen LogP contribution < -0.4 is 10.0 Å². The molecule has 160 valence electrons. The van der Waals surface area contributed by atoms with Crippen molar-refractivity contribution in [3.8, 4) is 0 Å². The van der Waals surface area contributed by atoms with Crippen LogP contribution in [0.25, 0.3) is 0 Å². The fourth-order valence-electron chi connectivity index (χ4n) is 4.43. The SMILES string of the molecule is O=C(Nc1ccc(S(=O)(=O)NC2CCC(C3CCC3)CC2)cc1)c1ccc(F)cc1. The van der Waals surface area contributed by atoms with E-state index < -0.39 is 15.8 Å². The highest BCUT2D eigenvalue weighted by atomic mass is 32.2. The maximum Gasteiger partial charge on any atom is 0.255 e. The van der Waals surface area contributed by atoms with E-state index in [1.165, 1.54) is 55.7 Å². The van der Waals surface area contributed by atoms with Gasteiger partial charge in [-0.3, -0.25) is 4.79 Å². The minimum absolute atomic E-state index is 0.0100. The van der Waals surface area contributed by atoms with Gasteiger partial charge in [0.25, 0.3) is 5.91 Å². The molecule has 0 atom stereocenters. The molecule has 2 aliphatic rings. The van der Waals surface area contributed by atoms with E-state index in [2.05, 4.69) is 10.0 Å². The molecule has 0 saturated heterocycles. The molecule has 0 aliphatic heterocycles. The van der Waals surface area contributed by atoms with Gasteiger partial charge in [0.05, 0.1) is 4.90 Å². The quantitative estimate of drug-likeness (QED) is 0.697. The second-order valence-corrected chi connectivity index (χ2v) is 10.1. The Kier molecular flexibility index (Phi) is 6.20. The third-order valence-corrected chi connectivity index (χ3v) is 7.98. The summed E-state index contributed by atoms with van der Waals surface area (Å²) in [6, 6.07) is 11.3. The minimum atomic E-state index is -3.60. The average Bonchev–Trinajstić information content (AvgIpc) is 2.69. The Bertz CT molecular complexity index is 978. The molecule has 2 aliphatic carbocycles. The summed E-state index contributed by atoms with van der Waals surface area (Å²) in [6.45, 7) is 0. The van der Waals surface area contributed by atoms with Crippen LogP contribution >= 0.6 is 0 Å². The normalized spacial score (nSPS) is 22.3. The van der Waals surface area contributed by atoms with Crippen molar-refractivity contribution in [1.29, 1.82) is 0 Å². The standard InChI is InChI=1S/C23H27FN2O3S/c24-19-8-4-18(5-9-19)23(27)25-20-12-14-22(15-13-20)30(28,29)26-21-10-6-17(7-11-21)16-2-1-3-16/h4-5,8-9,12-17,21,26H,1-3,6-7,10-11H2,(H,25,27). The lowest BCUT2D eigenvalue weighted by molar-refractivity contribution is 0.102. The lowest BCUT2D eigenvalue weighted by Crippen LogP contribution is -2.39. The van der Waals surface area contributed by atoms with Crippen LogP contribution in [0.2, 0.25) is 0 Å². The Labute approximate surface area is 177 Å². The van der Waals surface area contributed by atoms with Gasteiger partial charge in [-0.05, 0) is 86.1 Å². The van der Waals surface area contributed by atoms with E-state index in [1.54, 1.807) is 12.1 Å². The number of anilines is 1. The van der Waals surface area contributed by atoms with Gasteiger partial charge in [0.1, 0.15) is 5.82 Å². The molecule has 2 aromatic rings. The second kappa shape index (κ2) is 8.86. The Morgan fingerprint density at radius 1 is 0.833 bits per heavy atom. The topological polar surface area (TPSA) is 75.3 Å². The van der Waals surface area contributed by atoms with E-state index in [4.69, 9.17) is 0 Å². The van der Waals surface area contributed by atoms with Crippen molar-refractivity contribution in [2.24, 2.45) is 11.8 Å². The Morgan fingerprint density at radius 3 is 2.00 bits per heavy atom. The third-order valence-electron chi connectivity index (χ3n) is 6.44. The molecule has 0 spiro atoms. The van der Waals surface area contributed by atoms with Gasteiger partial charge in [0.2, 0.25) is 10.0 Å². The average molecular weight is 431 g/mol. The smallest absolute Gasteiger partial charge is 0.255 e. The number of amides is 1. The monoisotopic (exact) mass is 430 g/mol. The fourth-order valence-corrected chi connectivity index (χ4v) is 5.73. The molecule has 2 saturated carbocycles. The number of halogens is 1. The molecular weight excluding hydrogens is 403 g/mol. The molecule has 1 amide bonds. The van der Waals surface area contributed by atoms with Crippen LogP contribution in [-0.4, -0.2) is 20.4 Å². The van der Waals surface area contributed by atoms with E-state index in [-0.39, 0.29) is 16.8 Å². The molecular formula is C23H27FN2O3S. The van der Waals surface area contributed by atoms with Crippen molar-refractivity contribution in [1.82, 2.24) is 4.72 Å². The maximum atomic E-state index is 13.0. The zero-order valence-corrected chi connectivity index (χ0v) is 17.6. The molecule has 2 aromatic carbocycles. The van der Waals surface area contributed by atoms with E-state index in [1.807, 2.05) is 0 Å². The van der Waals surface area contributed by atoms with Crippen molar-refractivity contribution in [3.63, 3.8) is 0 Å². The van der Waals surface area contributed by atoms with E-state index in [9.17, 15) is 17.6 Å². The van der Waals surface area contributed by atoms with Crippen LogP contribution in [0.4, 0.5) is 10.1 Å². The summed E-state index contributed by atoms with van der Waals surface area (Å²) in [5.74, 6) is 0.834. The van der Waals surface area contributed by atoms with E-state index >= 15 is 0 Å². The van der Waals surface area contributed by atoms with Gasteiger partial charge in [-0.2, -0.15) is 0 Å². The first-order valence-corrected chi connectivity index (χ1v) is 12.1. The molecule has 0 heterocycles. The molecule has 30 heavy (non-hydrogen) atoms. The first-order chi connectivity index (χ1) is 14.4. The largest absolute Gasteiger partial charge is 0.322 e. The van der Waals surface area contributed by atoms with Crippen LogP contribution in [0, 0.1) is 17.7 Å². The van der Waals surface area contributed by atoms with E-state index in [0.717, 1.165) is 37.5 Å². The summed E-state index contributed by atoms with van der Waals surface area (Å²) in [4.78, 5) is 12.4. The Balaban J connectivity index is 1.33. The number of carbonyl (C=O) groups is 1. The molecule has 0 radical (unpaired) electrons. The molecule has 0 unspecified atom stereocenters. The maximum absolute atomic E-state index is 13.0. The summed E-state index contributed by atoms with van der Waals surface area (Å²) in [5, 5.41) is 2.69. The number of nitrogens with one attached hydrogen (secondary N) is 2. The summed E-state index contributed by atoms with van der Waals surface area (Å²) >= 11 is 0. The predicted octanol–water partition coefficient (Wildman–Crippen LogP) is 4.72. The lowest BCUT2D eigenvalue weighted by atomic mass is 9.69. The molecule has 2 fully saturated rings. The molecule has 4 rings (SSSR count). The number of benzene rings is 2. The molecule has 0 bridgehead atoms. The summed E-state index contributed by atoms with van der Waals surface area (Å²) in [6.07, 6.45) is 8.02. The van der Waals surface area contributed by atoms with Gasteiger partial charge in [-0.25, -0.2) is 17.5 Å². The predicted molar refractivity (Wildman–Crippen MR) is 114 cm³/mol. The minimum Gasteiger partial charge on any atom is -0.322 e. The van der Waals surface area contributed by atoms with Gasteiger partial charge in [0, 0.05) is 17.3 Å². The van der Waals surface area contributed by atoms with Crippen LogP contribution in [0.3, 0.4) is 0 Å². The van der Waals surface area contributed by atoms with Crippen LogP contribution in [0.5, 0.6) is 0 Å². The van der Waals surface area contributed by atoms with Gasteiger partial charge < -0.3 is 5.32 Å². The van der Waals surface area contributed by atoms with Gasteiger partial charge in [-0.1, -0.05) is 19.3 Å². The number of rotatable bonds is 6. The lowest BCUT2D eigenvalue weighted by Gasteiger charge is -2.38. The van der Waals surface area contributed by atoms with Gasteiger partial charge >= 0.3 is 0 Å². The number of carbonyl (C=O) groups excluding carboxylic acids is 1. The molecule has 0 aromatic heterocycles. The van der Waals surface area contributed by atoms with Crippen molar-refractivity contribution in [2.75, 3.05) is 5.32 Å². The molecule has 2 N–H and O–H groups in total. The first kappa shape index (κ1) is 21.0. The number of sulfonamides is 1. The van der Waals surface area contributed by atoms with Crippen LogP contribution in [0.1, 0.15) is 55.3 Å². The van der Waals surface area contributed by atoms with E-state index in [0.29, 0.717) is 11.3 Å². The zero-order valence-electron chi connectivity index (χ0n) is 16.8. The van der Waals surface area contributed by atoms with Gasteiger partial charge in [0.15, 0.2) is 0 Å². The summed E-state index contributed by atoms with van der Waals surface area (Å²) < 4.78 is 41.3. The van der Waals surface area contributed by atoms with Crippen molar-refractivity contribution in [3.05, 3.63) is 59.9 Å². The highest BCUT2D eigenvalue weighted by molar-refractivity contribution is 7.89. The summed E-state index contributed by atoms with van der Waals surface area (Å²) in [7, 11) is -3.60. The van der Waals surface area contributed by atoms with Crippen molar-refractivity contribution in [2.45, 2.75) is 55.9 Å². The zero-order chi connectivity index (χ0) is 21.1. The van der Waals surface area contributed by atoms with Crippen LogP contribution in [-0.2, 0) is 10.0 Å². The molecule has 7 heteroatoms. The number of hydrogen-bond donors (Lipinski definition) is 2. The van der Waals surface area contributed by atoms with Crippen molar-refractivity contribution >= 4 is 21.6 Å². The molecule has 5 nitrogen and oxygen atoms in total. The summed E-state index contributed by atoms with van der Waals surface area (Å²) in [5.41, 5.74) is 0.802. The fraction of sp³-hybridized carbons (Fsp3) is 0.435. The first-order valence-electron chi connectivity index (χ1n) is 10.6. The number of hydrogen-bond acceptors (Lipinski definition) is 3. The highest BCUT2D eigenvalue weighted by Crippen LogP contribution is 2.41. The third kappa shape index (κ3) is 4.90. The Hall–Kier alpha value is -2.25. The second-order valence-electron chi connectivity index (χ2n) is 8.41. The van der Waals surface area contributed by atoms with Crippen LogP contribution in [0.15, 0.2) is 53.4 Å². The Morgan fingerprint density at radius 2 is 1.43 bits per heavy atom. The highest BCUT2D eigenvalue weighted by Gasteiger charge is 2.32.